The van der Waals surface area contributed by atoms with Gasteiger partial charge in [0.15, 0.2) is 0 Å². The molecule has 0 saturated carbocycles. The maximum atomic E-state index is 11.2. The molecule has 3 nitrogen and oxygen atoms in total. The van der Waals surface area contributed by atoms with E-state index in [9.17, 15) is 9.90 Å². The van der Waals surface area contributed by atoms with E-state index in [-0.39, 0.29) is 0 Å². The van der Waals surface area contributed by atoms with Crippen LogP contribution in [-0.4, -0.2) is 17.6 Å². The number of carbonyl (C=O) groups is 1. The van der Waals surface area contributed by atoms with Gasteiger partial charge in [-0.05, 0) is 24.5 Å². The van der Waals surface area contributed by atoms with Crippen LogP contribution in [0.25, 0.3) is 0 Å². The molecule has 0 saturated heterocycles. The van der Waals surface area contributed by atoms with Crippen LogP contribution in [0.15, 0.2) is 24.3 Å². The van der Waals surface area contributed by atoms with Crippen molar-refractivity contribution < 1.29 is 9.90 Å². The van der Waals surface area contributed by atoms with Gasteiger partial charge in [0.25, 0.3) is 0 Å². The molecule has 1 aliphatic heterocycles. The summed E-state index contributed by atoms with van der Waals surface area (Å²) < 4.78 is 0. The van der Waals surface area contributed by atoms with Crippen molar-refractivity contribution in [3.8, 4) is 0 Å². The first-order chi connectivity index (χ1) is 6.64. The molecule has 74 valence electrons. The highest BCUT2D eigenvalue weighted by Crippen LogP contribution is 2.28. The maximum Gasteiger partial charge on any atom is 0.328 e. The third-order valence-electron chi connectivity index (χ3n) is 2.86. The lowest BCUT2D eigenvalue weighted by atomic mass is 9.84. The molecule has 1 aliphatic rings. The molecule has 2 N–H and O–H groups in total. The number of hydrogen-bond acceptors (Lipinski definition) is 2. The zero-order valence-corrected chi connectivity index (χ0v) is 8.08. The van der Waals surface area contributed by atoms with E-state index in [0.29, 0.717) is 0 Å². The summed E-state index contributed by atoms with van der Waals surface area (Å²) in [6.07, 6.45) is 0.902. The fraction of sp³-hybridized carbons (Fsp3) is 0.364. The molecule has 0 spiro atoms. The Morgan fingerprint density at radius 3 is 2.93 bits per heavy atom. The molecule has 0 aliphatic carbocycles. The Bertz CT molecular complexity index is 375. The Morgan fingerprint density at radius 1 is 1.50 bits per heavy atom. The average molecular weight is 191 g/mol. The Hall–Kier alpha value is -1.35. The van der Waals surface area contributed by atoms with Gasteiger partial charge in [-0.15, -0.1) is 0 Å². The predicted molar refractivity (Wildman–Crippen MR) is 53.1 cm³/mol. The van der Waals surface area contributed by atoms with E-state index in [0.717, 1.165) is 24.1 Å². The van der Waals surface area contributed by atoms with Gasteiger partial charge < -0.3 is 5.11 Å². The largest absolute Gasteiger partial charge is 0.480 e. The van der Waals surface area contributed by atoms with E-state index in [1.807, 2.05) is 24.3 Å². The van der Waals surface area contributed by atoms with Gasteiger partial charge in [0.2, 0.25) is 0 Å². The van der Waals surface area contributed by atoms with Crippen LogP contribution in [0.4, 0.5) is 0 Å². The van der Waals surface area contributed by atoms with Crippen molar-refractivity contribution in [1.82, 2.24) is 5.32 Å². The molecule has 0 aromatic heterocycles. The molecule has 14 heavy (non-hydrogen) atoms. The fourth-order valence-corrected chi connectivity index (χ4v) is 1.96. The molecule has 3 heteroatoms. The zero-order valence-electron chi connectivity index (χ0n) is 8.08. The van der Waals surface area contributed by atoms with Crippen molar-refractivity contribution >= 4 is 5.97 Å². The lowest BCUT2D eigenvalue weighted by Gasteiger charge is -2.33. The Morgan fingerprint density at radius 2 is 2.21 bits per heavy atom. The minimum Gasteiger partial charge on any atom is -0.480 e. The number of benzene rings is 1. The van der Waals surface area contributed by atoms with Crippen LogP contribution in [0, 0.1) is 0 Å². The van der Waals surface area contributed by atoms with Crippen LogP contribution >= 0.6 is 0 Å². The maximum absolute atomic E-state index is 11.2. The second kappa shape index (κ2) is 3.10. The van der Waals surface area contributed by atoms with Gasteiger partial charge in [0, 0.05) is 6.54 Å². The summed E-state index contributed by atoms with van der Waals surface area (Å²) >= 11 is 0. The highest BCUT2D eigenvalue weighted by atomic mass is 16.4. The first-order valence-corrected chi connectivity index (χ1v) is 4.71. The third-order valence-corrected chi connectivity index (χ3v) is 2.86. The third kappa shape index (κ3) is 1.21. The number of nitrogens with one attached hydrogen (secondary N) is 1. The highest BCUT2D eigenvalue weighted by Gasteiger charge is 2.38. The molecule has 1 heterocycles. The molecule has 2 rings (SSSR count). The standard InChI is InChI=1S/C11H13NO2/c1-11(10(13)14)9-5-3-2-4-8(9)6-7-12-11/h2-5,12H,6-7H2,1H3,(H,13,14). The quantitative estimate of drug-likeness (QED) is 0.699. The van der Waals surface area contributed by atoms with Crippen LogP contribution in [0.3, 0.4) is 0 Å². The van der Waals surface area contributed by atoms with E-state index in [4.69, 9.17) is 0 Å². The smallest absolute Gasteiger partial charge is 0.328 e. The summed E-state index contributed by atoms with van der Waals surface area (Å²) in [7, 11) is 0. The van der Waals surface area contributed by atoms with Crippen molar-refractivity contribution in [2.75, 3.05) is 6.54 Å². The van der Waals surface area contributed by atoms with Gasteiger partial charge in [0.1, 0.15) is 5.54 Å². The van der Waals surface area contributed by atoms with Gasteiger partial charge in [-0.25, -0.2) is 4.79 Å². The van der Waals surface area contributed by atoms with Crippen LogP contribution in [0.1, 0.15) is 18.1 Å². The first kappa shape index (κ1) is 9.21. The summed E-state index contributed by atoms with van der Waals surface area (Å²) in [6.45, 7) is 2.44. The molecular weight excluding hydrogens is 178 g/mol. The molecule has 1 aromatic rings. The van der Waals surface area contributed by atoms with Crippen molar-refractivity contribution in [3.63, 3.8) is 0 Å². The highest BCUT2D eigenvalue weighted by molar-refractivity contribution is 5.81. The van der Waals surface area contributed by atoms with E-state index in [1.165, 1.54) is 0 Å². The normalized spacial score (nSPS) is 25.5. The summed E-state index contributed by atoms with van der Waals surface area (Å²) in [5.41, 5.74) is 1.10. The monoisotopic (exact) mass is 191 g/mol. The van der Waals surface area contributed by atoms with E-state index in [2.05, 4.69) is 5.32 Å². The van der Waals surface area contributed by atoms with E-state index in [1.54, 1.807) is 6.92 Å². The van der Waals surface area contributed by atoms with Gasteiger partial charge >= 0.3 is 5.97 Å². The molecule has 0 bridgehead atoms. The lowest BCUT2D eigenvalue weighted by Crippen LogP contribution is -2.50. The first-order valence-electron chi connectivity index (χ1n) is 4.71. The molecular formula is C11H13NO2. The summed E-state index contributed by atoms with van der Waals surface area (Å²) in [5.74, 6) is -0.815. The van der Waals surface area contributed by atoms with Gasteiger partial charge in [0.05, 0.1) is 0 Å². The minimum atomic E-state index is -0.922. The molecule has 0 amide bonds. The fourth-order valence-electron chi connectivity index (χ4n) is 1.96. The molecule has 1 atom stereocenters. The number of hydrogen-bond donors (Lipinski definition) is 2. The molecule has 1 aromatic carbocycles. The summed E-state index contributed by atoms with van der Waals surface area (Å²) in [6, 6.07) is 7.71. The van der Waals surface area contributed by atoms with Crippen molar-refractivity contribution in [2.24, 2.45) is 0 Å². The summed E-state index contributed by atoms with van der Waals surface area (Å²) in [5, 5.41) is 12.2. The summed E-state index contributed by atoms with van der Waals surface area (Å²) in [4.78, 5) is 11.2. The van der Waals surface area contributed by atoms with E-state index >= 15 is 0 Å². The van der Waals surface area contributed by atoms with Crippen LogP contribution in [0.5, 0.6) is 0 Å². The number of carboxylic acid groups (broad SMARTS) is 1. The SMILES string of the molecule is CC1(C(=O)O)NCCc2ccccc21. The van der Waals surface area contributed by atoms with Crippen molar-refractivity contribution in [1.29, 1.82) is 0 Å². The topological polar surface area (TPSA) is 49.3 Å². The van der Waals surface area contributed by atoms with Crippen LogP contribution in [0.2, 0.25) is 0 Å². The number of rotatable bonds is 1. The number of aliphatic carboxylic acids is 1. The van der Waals surface area contributed by atoms with Gasteiger partial charge in [-0.1, -0.05) is 24.3 Å². The zero-order chi connectivity index (χ0) is 10.2. The second-order valence-corrected chi connectivity index (χ2v) is 3.76. The Balaban J connectivity index is 2.55. The van der Waals surface area contributed by atoms with Crippen molar-refractivity contribution in [2.45, 2.75) is 18.9 Å². The average Bonchev–Trinajstić information content (AvgIpc) is 2.18. The van der Waals surface area contributed by atoms with Crippen molar-refractivity contribution in [3.05, 3.63) is 35.4 Å². The Kier molecular flexibility index (Phi) is 2.04. The predicted octanol–water partition coefficient (Wildman–Crippen LogP) is 1.13. The minimum absolute atomic E-state index is 0.722. The number of carboxylic acids is 1. The lowest BCUT2D eigenvalue weighted by molar-refractivity contribution is -0.144. The number of fused-ring (bicyclic) bond motifs is 1. The molecule has 0 fully saturated rings. The van der Waals surface area contributed by atoms with Gasteiger partial charge in [-0.2, -0.15) is 0 Å². The Labute approximate surface area is 82.8 Å². The molecule has 1 unspecified atom stereocenters. The molecule has 0 radical (unpaired) electrons. The second-order valence-electron chi connectivity index (χ2n) is 3.76. The van der Waals surface area contributed by atoms with Gasteiger partial charge in [-0.3, -0.25) is 5.32 Å². The van der Waals surface area contributed by atoms with Crippen LogP contribution < -0.4 is 5.32 Å². The van der Waals surface area contributed by atoms with Crippen LogP contribution in [-0.2, 0) is 16.8 Å². The van der Waals surface area contributed by atoms with E-state index < -0.39 is 11.5 Å².